The van der Waals surface area contributed by atoms with Crippen molar-refractivity contribution in [3.8, 4) is 0 Å². The predicted octanol–water partition coefficient (Wildman–Crippen LogP) is 2.13. The molecule has 2 aromatic rings. The van der Waals surface area contributed by atoms with E-state index < -0.39 is 18.1 Å². The second-order valence-corrected chi connectivity index (χ2v) is 5.74. The second-order valence-electron chi connectivity index (χ2n) is 5.74. The summed E-state index contributed by atoms with van der Waals surface area (Å²) in [6.45, 7) is 0.555. The number of benzene rings is 2. The fourth-order valence-electron chi connectivity index (χ4n) is 2.94. The number of amides is 1. The summed E-state index contributed by atoms with van der Waals surface area (Å²) in [6, 6.07) is 12.6. The molecule has 1 saturated heterocycles. The number of carbonyl (C=O) groups excluding carboxylic acids is 1. The minimum absolute atomic E-state index is 0.245. The highest BCUT2D eigenvalue weighted by Gasteiger charge is 2.28. The van der Waals surface area contributed by atoms with Crippen LogP contribution in [0, 0.1) is 0 Å². The first-order chi connectivity index (χ1) is 11.1. The number of carboxylic acid groups (broad SMARTS) is 1. The first-order valence-corrected chi connectivity index (χ1v) is 7.76. The highest BCUT2D eigenvalue weighted by atomic mass is 16.5. The lowest BCUT2D eigenvalue weighted by Gasteiger charge is -2.18. The normalized spacial score (nSPS) is 18.7. The molecule has 1 aliphatic heterocycles. The molecule has 120 valence electrons. The van der Waals surface area contributed by atoms with E-state index in [4.69, 9.17) is 4.74 Å². The van der Waals surface area contributed by atoms with E-state index in [1.165, 1.54) is 0 Å². The quantitative estimate of drug-likeness (QED) is 0.886. The fraction of sp³-hybridized carbons (Fsp3) is 0.333. The Morgan fingerprint density at radius 2 is 2.00 bits per heavy atom. The third-order valence-electron chi connectivity index (χ3n) is 4.14. The summed E-state index contributed by atoms with van der Waals surface area (Å²) in [5.74, 6) is -1.38. The minimum Gasteiger partial charge on any atom is -0.480 e. The lowest BCUT2D eigenvalue weighted by molar-refractivity contribution is -0.143. The van der Waals surface area contributed by atoms with Gasteiger partial charge in [0.1, 0.15) is 12.1 Å². The van der Waals surface area contributed by atoms with Crippen molar-refractivity contribution in [1.29, 1.82) is 0 Å². The van der Waals surface area contributed by atoms with Crippen LogP contribution in [0.5, 0.6) is 0 Å². The summed E-state index contributed by atoms with van der Waals surface area (Å²) in [5, 5.41) is 14.1. The van der Waals surface area contributed by atoms with Crippen LogP contribution in [-0.2, 0) is 20.7 Å². The maximum absolute atomic E-state index is 12.1. The molecule has 3 rings (SSSR count). The van der Waals surface area contributed by atoms with E-state index in [2.05, 4.69) is 5.32 Å². The van der Waals surface area contributed by atoms with Gasteiger partial charge in [-0.2, -0.15) is 0 Å². The van der Waals surface area contributed by atoms with Gasteiger partial charge in [-0.15, -0.1) is 0 Å². The van der Waals surface area contributed by atoms with Crippen LogP contribution in [-0.4, -0.2) is 35.7 Å². The molecule has 1 amide bonds. The van der Waals surface area contributed by atoms with Crippen LogP contribution in [0.1, 0.15) is 18.4 Å². The van der Waals surface area contributed by atoms with E-state index in [1.54, 1.807) is 0 Å². The van der Waals surface area contributed by atoms with Crippen molar-refractivity contribution in [3.63, 3.8) is 0 Å². The molecule has 0 bridgehead atoms. The van der Waals surface area contributed by atoms with Crippen LogP contribution >= 0.6 is 0 Å². The van der Waals surface area contributed by atoms with E-state index in [-0.39, 0.29) is 12.3 Å². The lowest BCUT2D eigenvalue weighted by Crippen LogP contribution is -2.46. The summed E-state index contributed by atoms with van der Waals surface area (Å²) in [7, 11) is 0. The number of carbonyl (C=O) groups is 2. The van der Waals surface area contributed by atoms with Crippen molar-refractivity contribution in [2.75, 3.05) is 6.61 Å². The maximum atomic E-state index is 12.1. The number of aliphatic carboxylic acids is 1. The van der Waals surface area contributed by atoms with Gasteiger partial charge < -0.3 is 15.2 Å². The van der Waals surface area contributed by atoms with Crippen LogP contribution in [0.4, 0.5) is 0 Å². The van der Waals surface area contributed by atoms with Crippen LogP contribution < -0.4 is 5.32 Å². The molecule has 0 saturated carbocycles. The third-order valence-corrected chi connectivity index (χ3v) is 4.14. The van der Waals surface area contributed by atoms with Gasteiger partial charge in [-0.3, -0.25) is 4.79 Å². The lowest BCUT2D eigenvalue weighted by atomic mass is 9.98. The largest absolute Gasteiger partial charge is 0.480 e. The van der Waals surface area contributed by atoms with Gasteiger partial charge in [-0.1, -0.05) is 42.5 Å². The Hall–Kier alpha value is -2.40. The second kappa shape index (κ2) is 6.79. The smallest absolute Gasteiger partial charge is 0.326 e. The monoisotopic (exact) mass is 313 g/mol. The van der Waals surface area contributed by atoms with Crippen LogP contribution in [0.2, 0.25) is 0 Å². The first-order valence-electron chi connectivity index (χ1n) is 7.76. The molecule has 0 radical (unpaired) electrons. The van der Waals surface area contributed by atoms with Crippen molar-refractivity contribution >= 4 is 22.6 Å². The average molecular weight is 313 g/mol. The highest BCUT2D eigenvalue weighted by molar-refractivity contribution is 5.89. The fourth-order valence-corrected chi connectivity index (χ4v) is 2.94. The van der Waals surface area contributed by atoms with Crippen molar-refractivity contribution in [1.82, 2.24) is 5.32 Å². The number of carboxylic acids is 1. The van der Waals surface area contributed by atoms with E-state index in [9.17, 15) is 14.7 Å². The van der Waals surface area contributed by atoms with Gasteiger partial charge in [0.15, 0.2) is 0 Å². The van der Waals surface area contributed by atoms with Gasteiger partial charge in [-0.25, -0.2) is 4.79 Å². The molecule has 1 fully saturated rings. The number of fused-ring (bicyclic) bond motifs is 1. The molecule has 0 spiro atoms. The van der Waals surface area contributed by atoms with Crippen LogP contribution in [0.25, 0.3) is 10.8 Å². The SMILES string of the molecule is O=C(O)[C@H](Cc1cccc2ccccc12)NC(=O)[C@@H]1CCCO1. The number of hydrogen-bond donors (Lipinski definition) is 2. The molecular formula is C18H19NO4. The molecule has 5 nitrogen and oxygen atoms in total. The molecule has 5 heteroatoms. The minimum atomic E-state index is -1.04. The number of hydrogen-bond acceptors (Lipinski definition) is 3. The third kappa shape index (κ3) is 3.51. The van der Waals surface area contributed by atoms with Crippen molar-refractivity contribution in [2.45, 2.75) is 31.4 Å². The van der Waals surface area contributed by atoms with E-state index in [1.807, 2.05) is 42.5 Å². The van der Waals surface area contributed by atoms with Gasteiger partial charge in [0, 0.05) is 13.0 Å². The summed E-state index contributed by atoms with van der Waals surface area (Å²) in [4.78, 5) is 23.6. The Kier molecular flexibility index (Phi) is 4.57. The zero-order valence-electron chi connectivity index (χ0n) is 12.7. The molecule has 2 N–H and O–H groups in total. The maximum Gasteiger partial charge on any atom is 0.326 e. The van der Waals surface area contributed by atoms with Gasteiger partial charge in [0.25, 0.3) is 0 Å². The van der Waals surface area contributed by atoms with Gasteiger partial charge >= 0.3 is 5.97 Å². The Balaban J connectivity index is 1.78. The first kappa shape index (κ1) is 15.5. The Labute approximate surface area is 134 Å². The summed E-state index contributed by atoms with van der Waals surface area (Å²) < 4.78 is 5.31. The van der Waals surface area contributed by atoms with Crippen LogP contribution in [0.3, 0.4) is 0 Å². The van der Waals surface area contributed by atoms with E-state index in [0.717, 1.165) is 22.8 Å². The Morgan fingerprint density at radius 3 is 2.74 bits per heavy atom. The number of nitrogens with one attached hydrogen (secondary N) is 1. The summed E-state index contributed by atoms with van der Waals surface area (Å²) >= 11 is 0. The number of ether oxygens (including phenoxy) is 1. The highest BCUT2D eigenvalue weighted by Crippen LogP contribution is 2.20. The molecule has 2 atom stereocenters. The summed E-state index contributed by atoms with van der Waals surface area (Å²) in [6.07, 6.45) is 1.20. The molecule has 1 aliphatic rings. The molecular weight excluding hydrogens is 294 g/mol. The van der Waals surface area contributed by atoms with E-state index in [0.29, 0.717) is 13.0 Å². The van der Waals surface area contributed by atoms with Crippen molar-refractivity contribution in [3.05, 3.63) is 48.0 Å². The topological polar surface area (TPSA) is 75.6 Å². The molecule has 23 heavy (non-hydrogen) atoms. The predicted molar refractivity (Wildman–Crippen MR) is 86.2 cm³/mol. The van der Waals surface area contributed by atoms with E-state index >= 15 is 0 Å². The zero-order chi connectivity index (χ0) is 16.2. The molecule has 1 heterocycles. The van der Waals surface area contributed by atoms with Crippen molar-refractivity contribution < 1.29 is 19.4 Å². The molecule has 0 aromatic heterocycles. The summed E-state index contributed by atoms with van der Waals surface area (Å²) in [5.41, 5.74) is 0.906. The number of rotatable bonds is 5. The Bertz CT molecular complexity index is 717. The molecule has 0 aliphatic carbocycles. The standard InChI is InChI=1S/C18H19NO4/c20-17(16-9-4-10-23-16)19-15(18(21)22)11-13-7-3-6-12-5-1-2-8-14(12)13/h1-3,5-8,15-16H,4,9-11H2,(H,19,20)(H,21,22)/t15-,16-/m0/s1. The molecule has 2 aromatic carbocycles. The van der Waals surface area contributed by atoms with Crippen LogP contribution in [0.15, 0.2) is 42.5 Å². The Morgan fingerprint density at radius 1 is 1.22 bits per heavy atom. The van der Waals surface area contributed by atoms with Gasteiger partial charge in [0.05, 0.1) is 0 Å². The van der Waals surface area contributed by atoms with Crippen molar-refractivity contribution in [2.24, 2.45) is 0 Å². The van der Waals surface area contributed by atoms with Gasteiger partial charge in [-0.05, 0) is 29.2 Å². The average Bonchev–Trinajstić information content (AvgIpc) is 3.09. The molecule has 0 unspecified atom stereocenters. The zero-order valence-corrected chi connectivity index (χ0v) is 12.7. The van der Waals surface area contributed by atoms with Gasteiger partial charge in [0.2, 0.25) is 5.91 Å².